The number of hydrogen-bond donors (Lipinski definition) is 2. The van der Waals surface area contributed by atoms with Crippen molar-refractivity contribution < 1.29 is 4.79 Å². The first-order valence-electron chi connectivity index (χ1n) is 4.97. The van der Waals surface area contributed by atoms with E-state index < -0.39 is 0 Å². The number of hydrogen-bond acceptors (Lipinski definition) is 3. The van der Waals surface area contributed by atoms with E-state index in [2.05, 4.69) is 26.6 Å². The zero-order valence-electron chi connectivity index (χ0n) is 9.13. The van der Waals surface area contributed by atoms with Gasteiger partial charge in [-0.2, -0.15) is 11.8 Å². The van der Waals surface area contributed by atoms with Crippen molar-refractivity contribution >= 4 is 39.3 Å². The summed E-state index contributed by atoms with van der Waals surface area (Å²) in [6.45, 7) is 1.21. The van der Waals surface area contributed by atoms with Crippen molar-refractivity contribution in [3.05, 3.63) is 28.7 Å². The quantitative estimate of drug-likeness (QED) is 0.793. The van der Waals surface area contributed by atoms with Crippen LogP contribution in [0.25, 0.3) is 0 Å². The molecule has 1 amide bonds. The third-order valence-corrected chi connectivity index (χ3v) is 3.04. The molecule has 88 valence electrons. The number of carbonyl (C=O) groups is 1. The van der Waals surface area contributed by atoms with Gasteiger partial charge in [-0.1, -0.05) is 15.9 Å². The van der Waals surface area contributed by atoms with Crippen molar-refractivity contribution in [2.75, 3.05) is 30.4 Å². The van der Waals surface area contributed by atoms with Crippen LogP contribution in [0.4, 0.5) is 5.69 Å². The number of carbonyl (C=O) groups excluding carboxylic acids is 1. The lowest BCUT2D eigenvalue weighted by atomic mass is 10.3. The summed E-state index contributed by atoms with van der Waals surface area (Å²) in [7, 11) is 0. The van der Waals surface area contributed by atoms with E-state index in [0.717, 1.165) is 22.5 Å². The molecule has 0 saturated heterocycles. The molecule has 1 aromatic rings. The third-order valence-electron chi connectivity index (χ3n) is 1.90. The average molecular weight is 303 g/mol. The monoisotopic (exact) mass is 302 g/mol. The van der Waals surface area contributed by atoms with Crippen LogP contribution in [0.3, 0.4) is 0 Å². The first kappa shape index (κ1) is 13.5. The van der Waals surface area contributed by atoms with Crippen molar-refractivity contribution in [2.24, 2.45) is 0 Å². The molecule has 0 unspecified atom stereocenters. The Kier molecular flexibility index (Phi) is 6.52. The van der Waals surface area contributed by atoms with E-state index >= 15 is 0 Å². The Bertz CT molecular complexity index is 329. The predicted octanol–water partition coefficient (Wildman–Crippen LogP) is 2.34. The average Bonchev–Trinajstić information content (AvgIpc) is 2.28. The Hall–Kier alpha value is -0.520. The van der Waals surface area contributed by atoms with Crippen LogP contribution in [0.5, 0.6) is 0 Å². The molecule has 16 heavy (non-hydrogen) atoms. The van der Waals surface area contributed by atoms with Crippen LogP contribution in [0.15, 0.2) is 28.7 Å². The minimum absolute atomic E-state index is 0.0107. The summed E-state index contributed by atoms with van der Waals surface area (Å²) in [4.78, 5) is 11.5. The summed E-state index contributed by atoms with van der Waals surface area (Å²) in [5.74, 6) is 1.01. The lowest BCUT2D eigenvalue weighted by Crippen LogP contribution is -2.29. The number of thioether (sulfide) groups is 1. The lowest BCUT2D eigenvalue weighted by molar-refractivity contribution is -0.115. The van der Waals surface area contributed by atoms with Gasteiger partial charge in [0.25, 0.3) is 0 Å². The maximum atomic E-state index is 11.5. The zero-order valence-corrected chi connectivity index (χ0v) is 11.5. The molecule has 3 nitrogen and oxygen atoms in total. The first-order valence-corrected chi connectivity index (χ1v) is 7.16. The fourth-order valence-electron chi connectivity index (χ4n) is 1.11. The molecule has 0 saturated carbocycles. The molecule has 0 radical (unpaired) electrons. The van der Waals surface area contributed by atoms with Gasteiger partial charge in [-0.25, -0.2) is 0 Å². The van der Waals surface area contributed by atoms with Gasteiger partial charge in [-0.3, -0.25) is 4.79 Å². The summed E-state index contributed by atoms with van der Waals surface area (Å²) in [5, 5.41) is 5.89. The van der Waals surface area contributed by atoms with Crippen LogP contribution < -0.4 is 10.6 Å². The van der Waals surface area contributed by atoms with E-state index in [1.165, 1.54) is 0 Å². The largest absolute Gasteiger partial charge is 0.325 e. The van der Waals surface area contributed by atoms with Crippen LogP contribution in [-0.4, -0.2) is 31.0 Å². The Morgan fingerprint density at radius 1 is 1.38 bits per heavy atom. The Labute approximate surface area is 109 Å². The predicted molar refractivity (Wildman–Crippen MR) is 74.0 cm³/mol. The van der Waals surface area contributed by atoms with E-state index in [1.54, 1.807) is 11.8 Å². The van der Waals surface area contributed by atoms with Crippen molar-refractivity contribution in [3.63, 3.8) is 0 Å². The summed E-state index contributed by atoms with van der Waals surface area (Å²) in [6, 6.07) is 7.53. The molecule has 1 rings (SSSR count). The van der Waals surface area contributed by atoms with E-state index in [0.29, 0.717) is 6.54 Å². The second-order valence-electron chi connectivity index (χ2n) is 3.22. The molecule has 0 fully saturated rings. The topological polar surface area (TPSA) is 41.1 Å². The Morgan fingerprint density at radius 2 is 2.06 bits per heavy atom. The Morgan fingerprint density at radius 3 is 2.69 bits per heavy atom. The van der Waals surface area contributed by atoms with E-state index in [9.17, 15) is 4.79 Å². The third kappa shape index (κ3) is 5.53. The molecule has 5 heteroatoms. The summed E-state index contributed by atoms with van der Waals surface area (Å²) in [6.07, 6.45) is 2.05. The number of nitrogens with one attached hydrogen (secondary N) is 2. The van der Waals surface area contributed by atoms with Crippen molar-refractivity contribution in [2.45, 2.75) is 0 Å². The van der Waals surface area contributed by atoms with Gasteiger partial charge >= 0.3 is 0 Å². The van der Waals surface area contributed by atoms with Crippen LogP contribution in [-0.2, 0) is 4.79 Å². The molecule has 0 bridgehead atoms. The summed E-state index contributed by atoms with van der Waals surface area (Å²) in [5.41, 5.74) is 0.819. The van der Waals surface area contributed by atoms with Crippen LogP contribution in [0, 0.1) is 0 Å². The highest BCUT2D eigenvalue weighted by molar-refractivity contribution is 9.10. The molecule has 0 aliphatic heterocycles. The second kappa shape index (κ2) is 7.70. The highest BCUT2D eigenvalue weighted by Gasteiger charge is 2.00. The van der Waals surface area contributed by atoms with Gasteiger partial charge in [0.1, 0.15) is 0 Å². The van der Waals surface area contributed by atoms with Gasteiger partial charge in [-0.05, 0) is 30.5 Å². The minimum atomic E-state index is -0.0107. The van der Waals surface area contributed by atoms with Gasteiger partial charge in [0.15, 0.2) is 0 Å². The fourth-order valence-corrected chi connectivity index (χ4v) is 1.73. The van der Waals surface area contributed by atoms with Crippen molar-refractivity contribution in [1.29, 1.82) is 0 Å². The van der Waals surface area contributed by atoms with Gasteiger partial charge in [-0.15, -0.1) is 0 Å². The normalized spacial score (nSPS) is 10.1. The molecule has 1 aromatic carbocycles. The molecule has 2 N–H and O–H groups in total. The van der Waals surface area contributed by atoms with Crippen LogP contribution in [0.1, 0.15) is 0 Å². The van der Waals surface area contributed by atoms with Crippen molar-refractivity contribution in [3.8, 4) is 0 Å². The van der Waals surface area contributed by atoms with Gasteiger partial charge in [0.05, 0.1) is 6.54 Å². The second-order valence-corrected chi connectivity index (χ2v) is 5.13. The highest BCUT2D eigenvalue weighted by Crippen LogP contribution is 2.13. The summed E-state index contributed by atoms with van der Waals surface area (Å²) >= 11 is 5.10. The summed E-state index contributed by atoms with van der Waals surface area (Å²) < 4.78 is 1.00. The maximum Gasteiger partial charge on any atom is 0.238 e. The standard InChI is InChI=1S/C11H15BrN2OS/c1-16-7-6-13-8-11(15)14-10-4-2-9(12)3-5-10/h2-5,13H,6-8H2,1H3,(H,14,15). The zero-order chi connectivity index (χ0) is 11.8. The molecular formula is C11H15BrN2OS. The van der Waals surface area contributed by atoms with Crippen LogP contribution >= 0.6 is 27.7 Å². The van der Waals surface area contributed by atoms with E-state index in [4.69, 9.17) is 0 Å². The van der Waals surface area contributed by atoms with Gasteiger partial charge in [0, 0.05) is 22.5 Å². The molecular weight excluding hydrogens is 288 g/mol. The van der Waals surface area contributed by atoms with E-state index in [1.807, 2.05) is 30.5 Å². The molecule has 0 aliphatic rings. The van der Waals surface area contributed by atoms with Crippen LogP contribution in [0.2, 0.25) is 0 Å². The van der Waals surface area contributed by atoms with Gasteiger partial charge < -0.3 is 10.6 Å². The molecule has 0 spiro atoms. The lowest BCUT2D eigenvalue weighted by Gasteiger charge is -2.06. The molecule has 0 aliphatic carbocycles. The fraction of sp³-hybridized carbons (Fsp3) is 0.364. The number of halogens is 1. The number of amides is 1. The smallest absolute Gasteiger partial charge is 0.238 e. The molecule has 0 aromatic heterocycles. The first-order chi connectivity index (χ1) is 7.72. The number of rotatable bonds is 6. The maximum absolute atomic E-state index is 11.5. The molecule has 0 atom stereocenters. The SMILES string of the molecule is CSCCNCC(=O)Nc1ccc(Br)cc1. The minimum Gasteiger partial charge on any atom is -0.325 e. The number of anilines is 1. The Balaban J connectivity index is 2.26. The van der Waals surface area contributed by atoms with E-state index in [-0.39, 0.29) is 5.91 Å². The highest BCUT2D eigenvalue weighted by atomic mass is 79.9. The molecule has 0 heterocycles. The van der Waals surface area contributed by atoms with Crippen molar-refractivity contribution in [1.82, 2.24) is 5.32 Å². The van der Waals surface area contributed by atoms with Gasteiger partial charge in [0.2, 0.25) is 5.91 Å². The number of benzene rings is 1.